The van der Waals surface area contributed by atoms with Crippen LogP contribution in [0.4, 0.5) is 5.69 Å². The van der Waals surface area contributed by atoms with Gasteiger partial charge in [-0.2, -0.15) is 0 Å². The van der Waals surface area contributed by atoms with Crippen LogP contribution in [0.3, 0.4) is 0 Å². The van der Waals surface area contributed by atoms with E-state index >= 15 is 0 Å². The van der Waals surface area contributed by atoms with Crippen molar-refractivity contribution in [1.29, 1.82) is 0 Å². The lowest BCUT2D eigenvalue weighted by molar-refractivity contribution is -0.123. The summed E-state index contributed by atoms with van der Waals surface area (Å²) < 4.78 is 0. The SMILES string of the molecule is O=C(O)c1ncccc1N1C(=O)C2C3C=CC(C3)C2C1=O. The van der Waals surface area contributed by atoms with Crippen LogP contribution in [0.2, 0.25) is 0 Å². The van der Waals surface area contributed by atoms with Crippen molar-refractivity contribution in [2.75, 3.05) is 4.90 Å². The van der Waals surface area contributed by atoms with Crippen LogP contribution in [-0.4, -0.2) is 27.9 Å². The Kier molecular flexibility index (Phi) is 2.34. The van der Waals surface area contributed by atoms with Crippen LogP contribution in [0.5, 0.6) is 0 Å². The number of amides is 2. The molecule has 2 bridgehead atoms. The minimum Gasteiger partial charge on any atom is -0.476 e. The molecule has 2 aliphatic carbocycles. The smallest absolute Gasteiger partial charge is 0.356 e. The Hall–Kier alpha value is -2.50. The highest BCUT2D eigenvalue weighted by Gasteiger charge is 2.60. The quantitative estimate of drug-likeness (QED) is 0.649. The highest BCUT2D eigenvalue weighted by Crippen LogP contribution is 2.53. The number of carbonyl (C=O) groups excluding carboxylic acids is 2. The fourth-order valence-corrected chi connectivity index (χ4v) is 3.88. The summed E-state index contributed by atoms with van der Waals surface area (Å²) in [6.45, 7) is 0. The van der Waals surface area contributed by atoms with E-state index in [1.807, 2.05) is 12.2 Å². The van der Waals surface area contributed by atoms with Crippen LogP contribution in [0, 0.1) is 23.7 Å². The lowest BCUT2D eigenvalue weighted by atomic mass is 9.85. The Morgan fingerprint density at radius 3 is 2.38 bits per heavy atom. The second-order valence-corrected chi connectivity index (χ2v) is 5.69. The molecule has 1 saturated heterocycles. The first kappa shape index (κ1) is 12.3. The summed E-state index contributed by atoms with van der Waals surface area (Å²) in [5.41, 5.74) is -0.187. The average Bonchev–Trinajstić information content (AvgIpc) is 3.13. The molecule has 2 heterocycles. The van der Waals surface area contributed by atoms with Gasteiger partial charge in [0.25, 0.3) is 0 Å². The summed E-state index contributed by atoms with van der Waals surface area (Å²) in [4.78, 5) is 41.3. The predicted molar refractivity (Wildman–Crippen MR) is 71.4 cm³/mol. The van der Waals surface area contributed by atoms with E-state index in [1.54, 1.807) is 0 Å². The number of imide groups is 1. The third kappa shape index (κ3) is 1.47. The minimum atomic E-state index is -1.25. The fraction of sp³-hybridized carbons (Fsp3) is 0.333. The van der Waals surface area contributed by atoms with Crippen molar-refractivity contribution in [2.45, 2.75) is 6.42 Å². The van der Waals surface area contributed by atoms with Crippen molar-refractivity contribution in [3.05, 3.63) is 36.2 Å². The summed E-state index contributed by atoms with van der Waals surface area (Å²) in [6, 6.07) is 2.99. The monoisotopic (exact) mass is 284 g/mol. The molecule has 6 nitrogen and oxygen atoms in total. The van der Waals surface area contributed by atoms with Gasteiger partial charge in [-0.05, 0) is 30.4 Å². The molecule has 1 aromatic rings. The van der Waals surface area contributed by atoms with Gasteiger partial charge in [-0.25, -0.2) is 14.7 Å². The first-order chi connectivity index (χ1) is 10.1. The van der Waals surface area contributed by atoms with Crippen LogP contribution >= 0.6 is 0 Å². The van der Waals surface area contributed by atoms with Gasteiger partial charge in [0.1, 0.15) is 0 Å². The van der Waals surface area contributed by atoms with Gasteiger partial charge in [0.2, 0.25) is 11.8 Å². The van der Waals surface area contributed by atoms with Crippen LogP contribution in [0.25, 0.3) is 0 Å². The number of hydrogen-bond acceptors (Lipinski definition) is 4. The van der Waals surface area contributed by atoms with E-state index in [4.69, 9.17) is 0 Å². The number of carboxylic acid groups (broad SMARTS) is 1. The maximum absolute atomic E-state index is 12.6. The van der Waals surface area contributed by atoms with Gasteiger partial charge in [-0.3, -0.25) is 9.59 Å². The molecule has 1 saturated carbocycles. The minimum absolute atomic E-state index is 0.0776. The number of nitrogens with zero attached hydrogens (tertiary/aromatic N) is 2. The lowest BCUT2D eigenvalue weighted by Gasteiger charge is -2.18. The third-order valence-corrected chi connectivity index (χ3v) is 4.70. The molecule has 1 aliphatic heterocycles. The number of fused-ring (bicyclic) bond motifs is 5. The van der Waals surface area contributed by atoms with Crippen molar-refractivity contribution in [3.8, 4) is 0 Å². The van der Waals surface area contributed by atoms with Crippen molar-refractivity contribution < 1.29 is 19.5 Å². The Bertz CT molecular complexity index is 681. The normalized spacial score (nSPS) is 32.9. The van der Waals surface area contributed by atoms with Crippen molar-refractivity contribution in [1.82, 2.24) is 4.98 Å². The average molecular weight is 284 g/mol. The van der Waals surface area contributed by atoms with Crippen molar-refractivity contribution >= 4 is 23.5 Å². The molecule has 106 valence electrons. The molecule has 21 heavy (non-hydrogen) atoms. The van der Waals surface area contributed by atoms with E-state index in [2.05, 4.69) is 4.98 Å². The highest BCUT2D eigenvalue weighted by molar-refractivity contribution is 6.24. The van der Waals surface area contributed by atoms with Crippen LogP contribution in [0.1, 0.15) is 16.9 Å². The number of aromatic carboxylic acids is 1. The number of anilines is 1. The number of pyridine rings is 1. The fourth-order valence-electron chi connectivity index (χ4n) is 3.88. The van der Waals surface area contributed by atoms with Crippen LogP contribution < -0.4 is 4.90 Å². The Morgan fingerprint density at radius 1 is 1.19 bits per heavy atom. The van der Waals surface area contributed by atoms with Crippen LogP contribution in [0.15, 0.2) is 30.5 Å². The molecule has 4 atom stereocenters. The van der Waals surface area contributed by atoms with Gasteiger partial charge in [0.15, 0.2) is 5.69 Å². The molecule has 0 spiro atoms. The van der Waals surface area contributed by atoms with Gasteiger partial charge < -0.3 is 5.11 Å². The lowest BCUT2D eigenvalue weighted by Crippen LogP contribution is -2.34. The maximum atomic E-state index is 12.6. The molecule has 4 unspecified atom stereocenters. The molecule has 2 amide bonds. The zero-order valence-corrected chi connectivity index (χ0v) is 11.0. The van der Waals surface area contributed by atoms with E-state index in [-0.39, 0.29) is 46.9 Å². The number of allylic oxidation sites excluding steroid dienone is 2. The van der Waals surface area contributed by atoms with Gasteiger partial charge >= 0.3 is 5.97 Å². The first-order valence-electron chi connectivity index (χ1n) is 6.84. The number of carboxylic acids is 1. The molecule has 1 aromatic heterocycles. The van der Waals surface area contributed by atoms with Crippen molar-refractivity contribution in [2.24, 2.45) is 23.7 Å². The number of aromatic nitrogens is 1. The highest BCUT2D eigenvalue weighted by atomic mass is 16.4. The second-order valence-electron chi connectivity index (χ2n) is 5.69. The Balaban J connectivity index is 1.80. The van der Waals surface area contributed by atoms with E-state index in [0.29, 0.717) is 0 Å². The zero-order valence-electron chi connectivity index (χ0n) is 11.0. The molecule has 2 fully saturated rings. The van der Waals surface area contributed by atoms with Gasteiger partial charge in [0.05, 0.1) is 17.5 Å². The first-order valence-corrected chi connectivity index (χ1v) is 6.84. The summed E-state index contributed by atoms with van der Waals surface area (Å²) >= 11 is 0. The number of carbonyl (C=O) groups is 3. The van der Waals surface area contributed by atoms with E-state index in [1.165, 1.54) is 18.3 Å². The molecule has 4 rings (SSSR count). The van der Waals surface area contributed by atoms with Gasteiger partial charge in [-0.15, -0.1) is 0 Å². The van der Waals surface area contributed by atoms with E-state index in [0.717, 1.165) is 11.3 Å². The topological polar surface area (TPSA) is 87.6 Å². The molecule has 0 aromatic carbocycles. The molecule has 0 radical (unpaired) electrons. The largest absolute Gasteiger partial charge is 0.476 e. The molecular formula is C15H12N2O4. The Labute approximate surface area is 120 Å². The van der Waals surface area contributed by atoms with Crippen molar-refractivity contribution in [3.63, 3.8) is 0 Å². The summed E-state index contributed by atoms with van der Waals surface area (Å²) in [5, 5.41) is 9.19. The summed E-state index contributed by atoms with van der Waals surface area (Å²) in [7, 11) is 0. The van der Waals surface area contributed by atoms with E-state index in [9.17, 15) is 19.5 Å². The number of rotatable bonds is 2. The molecular weight excluding hydrogens is 272 g/mol. The summed E-state index contributed by atoms with van der Waals surface area (Å²) in [5.74, 6) is -2.31. The Morgan fingerprint density at radius 2 is 1.81 bits per heavy atom. The van der Waals surface area contributed by atoms with Gasteiger partial charge in [0, 0.05) is 6.20 Å². The molecule has 1 N–H and O–H groups in total. The standard InChI is InChI=1S/C15H12N2O4/c18-13-10-7-3-4-8(6-7)11(10)14(19)17(13)9-2-1-5-16-12(9)15(20)21/h1-5,7-8,10-11H,6H2,(H,20,21). The maximum Gasteiger partial charge on any atom is 0.356 e. The molecule has 3 aliphatic rings. The second kappa shape index (κ2) is 4.00. The summed E-state index contributed by atoms with van der Waals surface area (Å²) in [6.07, 6.45) is 6.19. The predicted octanol–water partition coefficient (Wildman–Crippen LogP) is 1.09. The van der Waals surface area contributed by atoms with Crippen LogP contribution in [-0.2, 0) is 9.59 Å². The third-order valence-electron chi connectivity index (χ3n) is 4.70. The van der Waals surface area contributed by atoms with E-state index < -0.39 is 5.97 Å². The molecule has 6 heteroatoms. The zero-order chi connectivity index (χ0) is 14.7. The van der Waals surface area contributed by atoms with Gasteiger partial charge in [-0.1, -0.05) is 12.2 Å². The number of hydrogen-bond donors (Lipinski definition) is 1.